The Morgan fingerprint density at radius 2 is 1.77 bits per heavy atom. The average molecular weight is 411 g/mol. The zero-order valence-corrected chi connectivity index (χ0v) is 17.6. The van der Waals surface area contributed by atoms with Crippen LogP contribution in [0.1, 0.15) is 48.2 Å². The lowest BCUT2D eigenvalue weighted by Crippen LogP contribution is -2.22. The number of anilines is 1. The van der Waals surface area contributed by atoms with Crippen LogP contribution in [0.25, 0.3) is 0 Å². The lowest BCUT2D eigenvalue weighted by molar-refractivity contribution is -0.119. The first-order valence-electron chi connectivity index (χ1n) is 10.5. The number of amides is 1. The molecule has 3 rings (SSSR count). The molecule has 0 aliphatic carbocycles. The van der Waals surface area contributed by atoms with Gasteiger partial charge < -0.3 is 19.5 Å². The number of para-hydroxylation sites is 1. The number of aryl methyl sites for hydroxylation is 2. The molecular formula is C24H29NO5. The van der Waals surface area contributed by atoms with E-state index in [1.807, 2.05) is 32.0 Å². The SMILES string of the molecule is CCc1cccc(CC)c1NC(=O)COC(=O)c1ccc(OC[C@H]2CCCO2)cc1. The van der Waals surface area contributed by atoms with E-state index in [1.165, 1.54) is 0 Å². The van der Waals surface area contributed by atoms with Crippen molar-refractivity contribution in [1.82, 2.24) is 0 Å². The molecule has 2 aromatic carbocycles. The maximum Gasteiger partial charge on any atom is 0.338 e. The number of rotatable bonds is 9. The first kappa shape index (κ1) is 21.8. The number of carbonyl (C=O) groups excluding carboxylic acids is 2. The van der Waals surface area contributed by atoms with Crippen LogP contribution in [0.2, 0.25) is 0 Å². The lowest BCUT2D eigenvalue weighted by Gasteiger charge is -2.14. The Balaban J connectivity index is 1.49. The van der Waals surface area contributed by atoms with Gasteiger partial charge in [0.1, 0.15) is 12.4 Å². The molecule has 30 heavy (non-hydrogen) atoms. The number of hydrogen-bond donors (Lipinski definition) is 1. The molecule has 1 atom stereocenters. The molecule has 1 fully saturated rings. The Hall–Kier alpha value is -2.86. The summed E-state index contributed by atoms with van der Waals surface area (Å²) >= 11 is 0. The molecule has 1 saturated heterocycles. The van der Waals surface area contributed by atoms with E-state index in [0.29, 0.717) is 17.9 Å². The van der Waals surface area contributed by atoms with Gasteiger partial charge >= 0.3 is 5.97 Å². The van der Waals surface area contributed by atoms with Crippen LogP contribution in [0.15, 0.2) is 42.5 Å². The van der Waals surface area contributed by atoms with E-state index in [2.05, 4.69) is 5.32 Å². The second-order valence-electron chi connectivity index (χ2n) is 7.25. The van der Waals surface area contributed by atoms with E-state index in [1.54, 1.807) is 24.3 Å². The lowest BCUT2D eigenvalue weighted by atomic mass is 10.0. The van der Waals surface area contributed by atoms with Gasteiger partial charge in [0.05, 0.1) is 11.7 Å². The molecule has 1 N–H and O–H groups in total. The maximum absolute atomic E-state index is 12.3. The number of hydrogen-bond acceptors (Lipinski definition) is 5. The monoisotopic (exact) mass is 411 g/mol. The summed E-state index contributed by atoms with van der Waals surface area (Å²) in [4.78, 5) is 24.6. The number of nitrogens with one attached hydrogen (secondary N) is 1. The zero-order valence-electron chi connectivity index (χ0n) is 17.6. The first-order valence-corrected chi connectivity index (χ1v) is 10.5. The molecule has 0 unspecified atom stereocenters. The Labute approximate surface area is 177 Å². The number of ether oxygens (including phenoxy) is 3. The van der Waals surface area contributed by atoms with Gasteiger partial charge in [-0.3, -0.25) is 4.79 Å². The van der Waals surface area contributed by atoms with Gasteiger partial charge in [0, 0.05) is 12.3 Å². The van der Waals surface area contributed by atoms with Crippen LogP contribution >= 0.6 is 0 Å². The molecular weight excluding hydrogens is 382 g/mol. The molecule has 6 nitrogen and oxygen atoms in total. The molecule has 6 heteroatoms. The predicted molar refractivity (Wildman–Crippen MR) is 115 cm³/mol. The summed E-state index contributed by atoms with van der Waals surface area (Å²) in [6.07, 6.45) is 3.83. The molecule has 2 aromatic rings. The summed E-state index contributed by atoms with van der Waals surface area (Å²) in [7, 11) is 0. The maximum atomic E-state index is 12.3. The van der Waals surface area contributed by atoms with Crippen molar-refractivity contribution in [2.45, 2.75) is 45.6 Å². The predicted octanol–water partition coefficient (Wildman–Crippen LogP) is 4.16. The average Bonchev–Trinajstić information content (AvgIpc) is 3.30. The van der Waals surface area contributed by atoms with E-state index in [-0.39, 0.29) is 18.6 Å². The van der Waals surface area contributed by atoms with Gasteiger partial charge in [0.15, 0.2) is 6.61 Å². The topological polar surface area (TPSA) is 73.9 Å². The van der Waals surface area contributed by atoms with E-state index in [0.717, 1.165) is 49.1 Å². The van der Waals surface area contributed by atoms with Crippen molar-refractivity contribution in [2.75, 3.05) is 25.1 Å². The van der Waals surface area contributed by atoms with Gasteiger partial charge in [-0.15, -0.1) is 0 Å². The molecule has 0 bridgehead atoms. The van der Waals surface area contributed by atoms with Crippen LogP contribution in [0, 0.1) is 0 Å². The van der Waals surface area contributed by atoms with Crippen molar-refractivity contribution in [2.24, 2.45) is 0 Å². The van der Waals surface area contributed by atoms with E-state index in [4.69, 9.17) is 14.2 Å². The van der Waals surface area contributed by atoms with Crippen molar-refractivity contribution in [1.29, 1.82) is 0 Å². The normalized spacial score (nSPS) is 15.6. The van der Waals surface area contributed by atoms with Crippen LogP contribution in [-0.2, 0) is 27.1 Å². The van der Waals surface area contributed by atoms with Gasteiger partial charge in [0.2, 0.25) is 0 Å². The van der Waals surface area contributed by atoms with Crippen molar-refractivity contribution in [3.05, 3.63) is 59.2 Å². The van der Waals surface area contributed by atoms with Crippen molar-refractivity contribution < 1.29 is 23.8 Å². The minimum absolute atomic E-state index is 0.138. The van der Waals surface area contributed by atoms with Gasteiger partial charge in [0.25, 0.3) is 5.91 Å². The first-order chi connectivity index (χ1) is 14.6. The molecule has 1 aliphatic rings. The second kappa shape index (κ2) is 10.8. The van der Waals surface area contributed by atoms with Crippen molar-refractivity contribution in [3.63, 3.8) is 0 Å². The number of carbonyl (C=O) groups is 2. The minimum Gasteiger partial charge on any atom is -0.491 e. The third-order valence-corrected chi connectivity index (χ3v) is 5.15. The Morgan fingerprint density at radius 1 is 1.07 bits per heavy atom. The number of esters is 1. The molecule has 0 radical (unpaired) electrons. The highest BCUT2D eigenvalue weighted by molar-refractivity contribution is 5.96. The molecule has 1 heterocycles. The Morgan fingerprint density at radius 3 is 2.37 bits per heavy atom. The molecule has 1 aliphatic heterocycles. The summed E-state index contributed by atoms with van der Waals surface area (Å²) < 4.78 is 16.4. The quantitative estimate of drug-likeness (QED) is 0.627. The fourth-order valence-corrected chi connectivity index (χ4v) is 3.45. The molecule has 1 amide bonds. The largest absolute Gasteiger partial charge is 0.491 e. The standard InChI is InChI=1S/C24H29NO5/c1-3-17-7-5-8-18(4-2)23(17)25-22(26)16-30-24(27)19-10-12-20(13-11-19)29-15-21-9-6-14-28-21/h5,7-8,10-13,21H,3-4,6,9,14-16H2,1-2H3,(H,25,26)/t21-/m1/s1. The van der Waals surface area contributed by atoms with E-state index < -0.39 is 5.97 Å². The van der Waals surface area contributed by atoms with Crippen molar-refractivity contribution >= 4 is 17.6 Å². The van der Waals surface area contributed by atoms with Gasteiger partial charge in [-0.2, -0.15) is 0 Å². The fraction of sp³-hybridized carbons (Fsp3) is 0.417. The molecule has 0 aromatic heterocycles. The summed E-state index contributed by atoms with van der Waals surface area (Å²) in [6.45, 7) is 5.04. The van der Waals surface area contributed by atoms with Crippen LogP contribution in [0.3, 0.4) is 0 Å². The van der Waals surface area contributed by atoms with Crippen LogP contribution < -0.4 is 10.1 Å². The highest BCUT2D eigenvalue weighted by atomic mass is 16.5. The highest BCUT2D eigenvalue weighted by Crippen LogP contribution is 2.22. The van der Waals surface area contributed by atoms with Gasteiger partial charge in [-0.1, -0.05) is 32.0 Å². The summed E-state index contributed by atoms with van der Waals surface area (Å²) in [5.41, 5.74) is 3.31. The zero-order chi connectivity index (χ0) is 21.3. The van der Waals surface area contributed by atoms with E-state index >= 15 is 0 Å². The summed E-state index contributed by atoms with van der Waals surface area (Å²) in [5, 5.41) is 2.89. The smallest absolute Gasteiger partial charge is 0.338 e. The fourth-order valence-electron chi connectivity index (χ4n) is 3.45. The third kappa shape index (κ3) is 5.83. The summed E-state index contributed by atoms with van der Waals surface area (Å²) in [6, 6.07) is 12.7. The number of benzene rings is 2. The van der Waals surface area contributed by atoms with Crippen LogP contribution in [0.5, 0.6) is 5.75 Å². The van der Waals surface area contributed by atoms with E-state index in [9.17, 15) is 9.59 Å². The molecule has 0 saturated carbocycles. The molecule has 0 spiro atoms. The Kier molecular flexibility index (Phi) is 7.85. The Bertz CT molecular complexity index is 834. The highest BCUT2D eigenvalue weighted by Gasteiger charge is 2.17. The summed E-state index contributed by atoms with van der Waals surface area (Å²) in [5.74, 6) is -0.228. The van der Waals surface area contributed by atoms with Crippen LogP contribution in [-0.4, -0.2) is 37.8 Å². The third-order valence-electron chi connectivity index (χ3n) is 5.15. The van der Waals surface area contributed by atoms with Crippen molar-refractivity contribution in [3.8, 4) is 5.75 Å². The molecule has 160 valence electrons. The minimum atomic E-state index is -0.546. The van der Waals surface area contributed by atoms with Gasteiger partial charge in [-0.25, -0.2) is 4.79 Å². The van der Waals surface area contributed by atoms with Gasteiger partial charge in [-0.05, 0) is 61.1 Å². The second-order valence-corrected chi connectivity index (χ2v) is 7.25. The van der Waals surface area contributed by atoms with Crippen LogP contribution in [0.4, 0.5) is 5.69 Å².